The molecule has 0 aliphatic carbocycles. The van der Waals surface area contributed by atoms with E-state index < -0.39 is 0 Å². The predicted molar refractivity (Wildman–Crippen MR) is 77.8 cm³/mol. The lowest BCUT2D eigenvalue weighted by Gasteiger charge is -2.13. The molecule has 0 heterocycles. The molecule has 2 heteroatoms. The van der Waals surface area contributed by atoms with Crippen LogP contribution in [0.4, 0.5) is 5.69 Å². The summed E-state index contributed by atoms with van der Waals surface area (Å²) in [7, 11) is 4.13. The molecule has 2 aromatic carbocycles. The number of rotatable bonds is 5. The third-order valence-electron chi connectivity index (χ3n) is 2.93. The molecule has 18 heavy (non-hydrogen) atoms. The van der Waals surface area contributed by atoms with Gasteiger partial charge in [0.25, 0.3) is 0 Å². The highest BCUT2D eigenvalue weighted by Crippen LogP contribution is 2.13. The molecular formula is C16H20N2. The fourth-order valence-corrected chi connectivity index (χ4v) is 1.89. The Bertz CT molecular complexity index is 477. The van der Waals surface area contributed by atoms with Crippen molar-refractivity contribution in [3.8, 4) is 0 Å². The lowest BCUT2D eigenvalue weighted by atomic mass is 10.2. The van der Waals surface area contributed by atoms with E-state index in [9.17, 15) is 0 Å². The van der Waals surface area contributed by atoms with Crippen molar-refractivity contribution in [2.24, 2.45) is 0 Å². The summed E-state index contributed by atoms with van der Waals surface area (Å²) in [4.78, 5) is 2.13. The molecule has 0 radical (unpaired) electrons. The van der Waals surface area contributed by atoms with Crippen molar-refractivity contribution < 1.29 is 0 Å². The van der Waals surface area contributed by atoms with Crippen LogP contribution in [0.1, 0.15) is 11.1 Å². The van der Waals surface area contributed by atoms with Crippen LogP contribution in [0.2, 0.25) is 0 Å². The van der Waals surface area contributed by atoms with Crippen LogP contribution in [0.5, 0.6) is 0 Å². The van der Waals surface area contributed by atoms with Crippen LogP contribution in [0.25, 0.3) is 0 Å². The van der Waals surface area contributed by atoms with Crippen LogP contribution >= 0.6 is 0 Å². The summed E-state index contributed by atoms with van der Waals surface area (Å²) >= 11 is 0. The van der Waals surface area contributed by atoms with E-state index in [1.165, 1.54) is 16.8 Å². The largest absolute Gasteiger partial charge is 0.378 e. The topological polar surface area (TPSA) is 15.3 Å². The Kier molecular flexibility index (Phi) is 4.37. The maximum Gasteiger partial charge on any atom is 0.0364 e. The van der Waals surface area contributed by atoms with Crippen LogP contribution in [-0.2, 0) is 13.1 Å². The molecule has 2 nitrogen and oxygen atoms in total. The van der Waals surface area contributed by atoms with E-state index in [0.717, 1.165) is 13.1 Å². The quantitative estimate of drug-likeness (QED) is 0.864. The predicted octanol–water partition coefficient (Wildman–Crippen LogP) is 3.04. The molecule has 94 valence electrons. The van der Waals surface area contributed by atoms with E-state index in [0.29, 0.717) is 0 Å². The molecule has 0 saturated carbocycles. The van der Waals surface area contributed by atoms with Crippen molar-refractivity contribution in [1.29, 1.82) is 0 Å². The molecule has 2 rings (SSSR count). The Morgan fingerprint density at radius 1 is 0.833 bits per heavy atom. The van der Waals surface area contributed by atoms with Gasteiger partial charge < -0.3 is 10.2 Å². The first kappa shape index (κ1) is 12.7. The molecule has 0 aromatic heterocycles. The summed E-state index contributed by atoms with van der Waals surface area (Å²) in [6, 6.07) is 19.1. The first-order valence-corrected chi connectivity index (χ1v) is 6.26. The maximum absolute atomic E-state index is 3.47. The zero-order valence-corrected chi connectivity index (χ0v) is 11.1. The summed E-state index contributed by atoms with van der Waals surface area (Å²) in [5.41, 5.74) is 3.88. The van der Waals surface area contributed by atoms with Crippen molar-refractivity contribution in [3.63, 3.8) is 0 Å². The summed E-state index contributed by atoms with van der Waals surface area (Å²) in [6.45, 7) is 1.81. The van der Waals surface area contributed by atoms with Gasteiger partial charge in [0.2, 0.25) is 0 Å². The van der Waals surface area contributed by atoms with Crippen molar-refractivity contribution in [2.45, 2.75) is 13.1 Å². The lowest BCUT2D eigenvalue weighted by molar-refractivity contribution is 0.693. The average molecular weight is 240 g/mol. The third kappa shape index (κ3) is 3.60. The molecule has 0 atom stereocenters. The van der Waals surface area contributed by atoms with Gasteiger partial charge in [-0.3, -0.25) is 0 Å². The molecule has 0 bridgehead atoms. The van der Waals surface area contributed by atoms with Crippen molar-refractivity contribution >= 4 is 5.69 Å². The number of anilines is 1. The van der Waals surface area contributed by atoms with Gasteiger partial charge in [-0.15, -0.1) is 0 Å². The van der Waals surface area contributed by atoms with Gasteiger partial charge in [-0.05, 0) is 23.3 Å². The van der Waals surface area contributed by atoms with Gasteiger partial charge in [-0.2, -0.15) is 0 Å². The summed E-state index contributed by atoms with van der Waals surface area (Å²) in [6.07, 6.45) is 0. The van der Waals surface area contributed by atoms with Crippen LogP contribution < -0.4 is 10.2 Å². The minimum Gasteiger partial charge on any atom is -0.378 e. The van der Waals surface area contributed by atoms with Gasteiger partial charge in [0.05, 0.1) is 0 Å². The van der Waals surface area contributed by atoms with Crippen LogP contribution in [0.3, 0.4) is 0 Å². The van der Waals surface area contributed by atoms with Crippen molar-refractivity contribution in [2.75, 3.05) is 19.0 Å². The zero-order chi connectivity index (χ0) is 12.8. The Morgan fingerprint density at radius 2 is 1.50 bits per heavy atom. The number of nitrogens with zero attached hydrogens (tertiary/aromatic N) is 1. The molecule has 2 aromatic rings. The fourth-order valence-electron chi connectivity index (χ4n) is 1.89. The maximum atomic E-state index is 3.47. The smallest absolute Gasteiger partial charge is 0.0364 e. The molecule has 0 aliphatic rings. The molecule has 1 N–H and O–H groups in total. The molecular weight excluding hydrogens is 220 g/mol. The van der Waals surface area contributed by atoms with E-state index in [2.05, 4.69) is 72.8 Å². The van der Waals surface area contributed by atoms with Gasteiger partial charge in [0, 0.05) is 32.9 Å². The Hall–Kier alpha value is -1.80. The molecule has 0 unspecified atom stereocenters. The summed E-state index contributed by atoms with van der Waals surface area (Å²) in [5.74, 6) is 0. The number of hydrogen-bond acceptors (Lipinski definition) is 2. The van der Waals surface area contributed by atoms with Gasteiger partial charge in [-0.1, -0.05) is 42.5 Å². The standard InChI is InChI=1S/C16H20N2/c1-18(2)16-10-6-9-15(11-16)13-17-12-14-7-4-3-5-8-14/h3-11,17H,12-13H2,1-2H3. The highest BCUT2D eigenvalue weighted by Gasteiger charge is 1.97. The molecule has 0 amide bonds. The van der Waals surface area contributed by atoms with Gasteiger partial charge in [0.1, 0.15) is 0 Å². The first-order chi connectivity index (χ1) is 8.75. The molecule has 0 spiro atoms. The monoisotopic (exact) mass is 240 g/mol. The number of hydrogen-bond donors (Lipinski definition) is 1. The second-order valence-electron chi connectivity index (χ2n) is 4.65. The summed E-state index contributed by atoms with van der Waals surface area (Å²) in [5, 5.41) is 3.47. The zero-order valence-electron chi connectivity index (χ0n) is 11.1. The van der Waals surface area contributed by atoms with Crippen molar-refractivity contribution in [1.82, 2.24) is 5.32 Å². The van der Waals surface area contributed by atoms with Crippen LogP contribution in [0.15, 0.2) is 54.6 Å². The van der Waals surface area contributed by atoms with E-state index in [-0.39, 0.29) is 0 Å². The second kappa shape index (κ2) is 6.22. The SMILES string of the molecule is CN(C)c1cccc(CNCc2ccccc2)c1. The highest BCUT2D eigenvalue weighted by atomic mass is 15.1. The fraction of sp³-hybridized carbons (Fsp3) is 0.250. The van der Waals surface area contributed by atoms with Gasteiger partial charge in [0.15, 0.2) is 0 Å². The van der Waals surface area contributed by atoms with E-state index in [1.807, 2.05) is 6.07 Å². The second-order valence-corrected chi connectivity index (χ2v) is 4.65. The summed E-state index contributed by atoms with van der Waals surface area (Å²) < 4.78 is 0. The first-order valence-electron chi connectivity index (χ1n) is 6.26. The minimum atomic E-state index is 0.899. The molecule has 0 aliphatic heterocycles. The third-order valence-corrected chi connectivity index (χ3v) is 2.93. The molecule has 0 fully saturated rings. The molecule has 0 saturated heterocycles. The van der Waals surface area contributed by atoms with E-state index in [1.54, 1.807) is 0 Å². The number of benzene rings is 2. The van der Waals surface area contributed by atoms with Crippen LogP contribution in [-0.4, -0.2) is 14.1 Å². The number of nitrogens with one attached hydrogen (secondary N) is 1. The Labute approximate surface area is 109 Å². The van der Waals surface area contributed by atoms with E-state index in [4.69, 9.17) is 0 Å². The van der Waals surface area contributed by atoms with Gasteiger partial charge in [-0.25, -0.2) is 0 Å². The Balaban J connectivity index is 1.89. The van der Waals surface area contributed by atoms with Gasteiger partial charge >= 0.3 is 0 Å². The van der Waals surface area contributed by atoms with Crippen molar-refractivity contribution in [3.05, 3.63) is 65.7 Å². The lowest BCUT2D eigenvalue weighted by Crippen LogP contribution is -2.13. The van der Waals surface area contributed by atoms with Crippen LogP contribution in [0, 0.1) is 0 Å². The Morgan fingerprint density at radius 3 is 2.22 bits per heavy atom. The normalized spacial score (nSPS) is 10.3. The van der Waals surface area contributed by atoms with E-state index >= 15 is 0 Å². The average Bonchev–Trinajstić information content (AvgIpc) is 2.40. The minimum absolute atomic E-state index is 0.899. The highest BCUT2D eigenvalue weighted by molar-refractivity contribution is 5.47.